The average molecular weight is 174 g/mol. The zero-order valence-corrected chi connectivity index (χ0v) is 6.25. The van der Waals surface area contributed by atoms with Crippen molar-refractivity contribution in [2.75, 3.05) is 0 Å². The lowest BCUT2D eigenvalue weighted by atomic mass is 10.7. The van der Waals surface area contributed by atoms with Crippen molar-refractivity contribution in [3.8, 4) is 0 Å². The van der Waals surface area contributed by atoms with Gasteiger partial charge in [-0.15, -0.1) is 11.8 Å². The van der Waals surface area contributed by atoms with Gasteiger partial charge in [0.1, 0.15) is 0 Å². The Bertz CT molecular complexity index is 185. The molecule has 0 fully saturated rings. The molecule has 5 heteroatoms. The highest BCUT2D eigenvalue weighted by Crippen LogP contribution is 2.02. The van der Waals surface area contributed by atoms with E-state index in [9.17, 15) is 9.59 Å². The van der Waals surface area contributed by atoms with Crippen molar-refractivity contribution in [2.24, 2.45) is 0 Å². The SMILES string of the molecule is O=C(O)C=CSC=CC(=O)O. The predicted molar refractivity (Wildman–Crippen MR) is 41.1 cm³/mol. The minimum Gasteiger partial charge on any atom is -0.478 e. The first kappa shape index (κ1) is 9.77. The van der Waals surface area contributed by atoms with Crippen LogP contribution in [0.5, 0.6) is 0 Å². The van der Waals surface area contributed by atoms with Crippen molar-refractivity contribution >= 4 is 23.7 Å². The van der Waals surface area contributed by atoms with Gasteiger partial charge in [-0.2, -0.15) is 0 Å². The van der Waals surface area contributed by atoms with Crippen LogP contribution in [0, 0.1) is 0 Å². The van der Waals surface area contributed by atoms with E-state index in [1.54, 1.807) is 0 Å². The first-order valence-corrected chi connectivity index (χ1v) is 3.51. The number of thioether (sulfide) groups is 1. The van der Waals surface area contributed by atoms with Gasteiger partial charge in [-0.25, -0.2) is 9.59 Å². The standard InChI is InChI=1S/C6H6O4S/c7-5(8)1-3-11-4-2-6(9)10/h1-4H,(H,7,8)(H,9,10). The van der Waals surface area contributed by atoms with Crippen LogP contribution in [0.15, 0.2) is 23.0 Å². The number of hydrogen-bond acceptors (Lipinski definition) is 3. The van der Waals surface area contributed by atoms with E-state index in [-0.39, 0.29) is 0 Å². The van der Waals surface area contributed by atoms with Gasteiger partial charge in [0.25, 0.3) is 0 Å². The average Bonchev–Trinajstić information content (AvgIpc) is 1.85. The summed E-state index contributed by atoms with van der Waals surface area (Å²) >= 11 is 0.987. The summed E-state index contributed by atoms with van der Waals surface area (Å²) in [5.74, 6) is -2.11. The van der Waals surface area contributed by atoms with Crippen LogP contribution in [0.25, 0.3) is 0 Å². The van der Waals surface area contributed by atoms with Crippen molar-refractivity contribution in [2.45, 2.75) is 0 Å². The maximum atomic E-state index is 9.86. The van der Waals surface area contributed by atoms with E-state index in [2.05, 4.69) is 0 Å². The van der Waals surface area contributed by atoms with Gasteiger partial charge in [0.15, 0.2) is 0 Å². The zero-order valence-electron chi connectivity index (χ0n) is 5.43. The van der Waals surface area contributed by atoms with E-state index in [0.717, 1.165) is 23.9 Å². The third-order valence-corrected chi connectivity index (χ3v) is 1.16. The number of carboxylic acids is 2. The van der Waals surface area contributed by atoms with Gasteiger partial charge < -0.3 is 10.2 Å². The van der Waals surface area contributed by atoms with Gasteiger partial charge in [-0.1, -0.05) is 0 Å². The molecular formula is C6H6O4S. The topological polar surface area (TPSA) is 74.6 Å². The summed E-state index contributed by atoms with van der Waals surface area (Å²) in [7, 11) is 0. The normalized spacial score (nSPS) is 10.9. The van der Waals surface area contributed by atoms with Crippen LogP contribution in [0.3, 0.4) is 0 Å². The summed E-state index contributed by atoms with van der Waals surface area (Å²) in [4.78, 5) is 19.7. The lowest BCUT2D eigenvalue weighted by molar-refractivity contribution is -0.132. The van der Waals surface area contributed by atoms with E-state index >= 15 is 0 Å². The second-order valence-corrected chi connectivity index (χ2v) is 2.23. The Morgan fingerprint density at radius 1 is 1.00 bits per heavy atom. The summed E-state index contributed by atoms with van der Waals surface area (Å²) in [5, 5.41) is 18.7. The van der Waals surface area contributed by atoms with E-state index < -0.39 is 11.9 Å². The molecule has 0 bridgehead atoms. The van der Waals surface area contributed by atoms with Crippen molar-refractivity contribution < 1.29 is 19.8 Å². The highest BCUT2D eigenvalue weighted by Gasteiger charge is 1.84. The molecule has 0 spiro atoms. The Morgan fingerprint density at radius 2 is 1.36 bits per heavy atom. The minimum atomic E-state index is -1.05. The molecule has 60 valence electrons. The fraction of sp³-hybridized carbons (Fsp3) is 0. The first-order valence-electron chi connectivity index (χ1n) is 2.57. The predicted octanol–water partition coefficient (Wildman–Crippen LogP) is 0.916. The smallest absolute Gasteiger partial charge is 0.328 e. The van der Waals surface area contributed by atoms with E-state index in [1.807, 2.05) is 0 Å². The van der Waals surface area contributed by atoms with Crippen LogP contribution in [0.1, 0.15) is 0 Å². The largest absolute Gasteiger partial charge is 0.478 e. The maximum absolute atomic E-state index is 9.86. The molecule has 0 heterocycles. The minimum absolute atomic E-state index is 0.927. The zero-order chi connectivity index (χ0) is 8.69. The fourth-order valence-corrected chi connectivity index (χ4v) is 0.721. The highest BCUT2D eigenvalue weighted by atomic mass is 32.2. The molecule has 0 aromatic rings. The molecule has 0 radical (unpaired) electrons. The quantitative estimate of drug-likeness (QED) is 0.620. The molecule has 0 atom stereocenters. The molecule has 0 saturated carbocycles. The number of hydrogen-bond donors (Lipinski definition) is 2. The van der Waals surface area contributed by atoms with Gasteiger partial charge in [-0.3, -0.25) is 0 Å². The van der Waals surface area contributed by atoms with Crippen molar-refractivity contribution in [1.82, 2.24) is 0 Å². The summed E-state index contributed by atoms with van der Waals surface area (Å²) in [6.45, 7) is 0. The van der Waals surface area contributed by atoms with Crippen molar-refractivity contribution in [3.63, 3.8) is 0 Å². The third kappa shape index (κ3) is 8.77. The van der Waals surface area contributed by atoms with Crippen LogP contribution < -0.4 is 0 Å². The van der Waals surface area contributed by atoms with Crippen LogP contribution in [-0.2, 0) is 9.59 Å². The van der Waals surface area contributed by atoms with Crippen molar-refractivity contribution in [3.05, 3.63) is 23.0 Å². The molecular weight excluding hydrogens is 168 g/mol. The Balaban J connectivity index is 3.57. The molecule has 0 aromatic heterocycles. The van der Waals surface area contributed by atoms with Gasteiger partial charge >= 0.3 is 11.9 Å². The Morgan fingerprint density at radius 3 is 1.64 bits per heavy atom. The molecule has 0 aliphatic rings. The van der Waals surface area contributed by atoms with Gasteiger partial charge in [0.2, 0.25) is 0 Å². The van der Waals surface area contributed by atoms with Gasteiger partial charge in [0.05, 0.1) is 0 Å². The molecule has 0 rings (SSSR count). The third-order valence-electron chi connectivity index (χ3n) is 0.578. The molecule has 11 heavy (non-hydrogen) atoms. The number of aliphatic carboxylic acids is 2. The van der Waals surface area contributed by atoms with E-state index in [4.69, 9.17) is 10.2 Å². The Hall–Kier alpha value is -1.23. The van der Waals surface area contributed by atoms with Gasteiger partial charge in [0, 0.05) is 12.2 Å². The number of carboxylic acid groups (broad SMARTS) is 2. The molecule has 2 N–H and O–H groups in total. The number of rotatable bonds is 4. The summed E-state index contributed by atoms with van der Waals surface area (Å²) < 4.78 is 0. The molecule has 4 nitrogen and oxygen atoms in total. The molecule has 0 aliphatic carbocycles. The van der Waals surface area contributed by atoms with Crippen molar-refractivity contribution in [1.29, 1.82) is 0 Å². The van der Waals surface area contributed by atoms with Crippen LogP contribution >= 0.6 is 11.8 Å². The molecule has 0 unspecified atom stereocenters. The maximum Gasteiger partial charge on any atom is 0.328 e. The van der Waals surface area contributed by atoms with Crippen LogP contribution in [0.2, 0.25) is 0 Å². The molecule has 0 aromatic carbocycles. The van der Waals surface area contributed by atoms with Crippen LogP contribution in [0.4, 0.5) is 0 Å². The van der Waals surface area contributed by atoms with Crippen LogP contribution in [-0.4, -0.2) is 22.2 Å². The second-order valence-electron chi connectivity index (χ2n) is 1.42. The lowest BCUT2D eigenvalue weighted by Crippen LogP contribution is -1.85. The molecule has 0 amide bonds. The first-order chi connectivity index (χ1) is 5.13. The monoisotopic (exact) mass is 174 g/mol. The summed E-state index contributed by atoms with van der Waals surface area (Å²) in [5.41, 5.74) is 0. The fourth-order valence-electron chi connectivity index (χ4n) is 0.240. The lowest BCUT2D eigenvalue weighted by Gasteiger charge is -1.79. The highest BCUT2D eigenvalue weighted by molar-refractivity contribution is 8.04. The van der Waals surface area contributed by atoms with E-state index in [0.29, 0.717) is 0 Å². The summed E-state index contributed by atoms with van der Waals surface area (Å²) in [6.07, 6.45) is 1.85. The number of carbonyl (C=O) groups is 2. The summed E-state index contributed by atoms with van der Waals surface area (Å²) in [6, 6.07) is 0. The molecule has 0 aliphatic heterocycles. The van der Waals surface area contributed by atoms with E-state index in [1.165, 1.54) is 10.8 Å². The van der Waals surface area contributed by atoms with Gasteiger partial charge in [-0.05, 0) is 10.8 Å². The Labute approximate surface area is 67.2 Å². The second kappa shape index (κ2) is 5.55. The Kier molecular flexibility index (Phi) is 4.93. The molecule has 0 saturated heterocycles.